The van der Waals surface area contributed by atoms with E-state index in [2.05, 4.69) is 5.16 Å². The van der Waals surface area contributed by atoms with Gasteiger partial charge in [0.05, 0.1) is 21.6 Å². The van der Waals surface area contributed by atoms with Crippen LogP contribution in [0.3, 0.4) is 0 Å². The van der Waals surface area contributed by atoms with Crippen molar-refractivity contribution in [1.82, 2.24) is 13.7 Å². The highest BCUT2D eigenvalue weighted by Crippen LogP contribution is 2.48. The van der Waals surface area contributed by atoms with E-state index in [4.69, 9.17) is 4.52 Å². The normalized spacial score (nSPS) is 15.7. The first-order chi connectivity index (χ1) is 15.1. The average molecular weight is 573 g/mol. The zero-order chi connectivity index (χ0) is 23.0. The number of benzene rings is 2. The summed E-state index contributed by atoms with van der Waals surface area (Å²) in [6.45, 7) is 3.45. The average Bonchev–Trinajstić information content (AvgIpc) is 3.34. The fraction of sp³-hybridized carbons (Fsp3) is 0.333. The van der Waals surface area contributed by atoms with Crippen molar-refractivity contribution >= 4 is 54.6 Å². The van der Waals surface area contributed by atoms with E-state index in [1.54, 1.807) is 13.0 Å². The molecule has 32 heavy (non-hydrogen) atoms. The quantitative estimate of drug-likeness (QED) is 0.325. The summed E-state index contributed by atoms with van der Waals surface area (Å²) in [5, 5.41) is 4.01. The topological polar surface area (TPSA) is 87.1 Å². The first-order valence-corrected chi connectivity index (χ1v) is 12.6. The lowest BCUT2D eigenvalue weighted by molar-refractivity contribution is 0.436. The first kappa shape index (κ1) is 21.6. The second kappa shape index (κ2) is 7.11. The molecule has 0 spiro atoms. The van der Waals surface area contributed by atoms with Gasteiger partial charge in [-0.1, -0.05) is 18.5 Å². The minimum atomic E-state index is -4.19. The molecule has 7 nitrogen and oxygen atoms in total. The summed E-state index contributed by atoms with van der Waals surface area (Å²) < 4.78 is 63.9. The summed E-state index contributed by atoms with van der Waals surface area (Å²) in [4.78, 5) is 13.6. The van der Waals surface area contributed by atoms with Crippen molar-refractivity contribution in [3.05, 3.63) is 55.6 Å². The Morgan fingerprint density at radius 1 is 1.25 bits per heavy atom. The first-order valence-electron chi connectivity index (χ1n) is 10.1. The zero-order valence-electron chi connectivity index (χ0n) is 17.2. The van der Waals surface area contributed by atoms with E-state index in [0.717, 1.165) is 4.57 Å². The highest BCUT2D eigenvalue weighted by atomic mass is 127. The van der Waals surface area contributed by atoms with Crippen LogP contribution >= 0.6 is 22.6 Å². The SMILES string of the molecule is CCCC1(S(=O)(=O)n2c(=O)n(-c3ccc(I)cc3F)c3c(F)c4onc(C)c4cc32)CC1. The predicted molar refractivity (Wildman–Crippen MR) is 124 cm³/mol. The summed E-state index contributed by atoms with van der Waals surface area (Å²) in [6.07, 6.45) is 1.82. The molecule has 4 aromatic rings. The Hall–Kier alpha value is -2.28. The molecule has 0 atom stereocenters. The molecule has 168 valence electrons. The van der Waals surface area contributed by atoms with Gasteiger partial charge in [-0.3, -0.25) is 4.57 Å². The van der Waals surface area contributed by atoms with Crippen molar-refractivity contribution in [2.45, 2.75) is 44.3 Å². The molecule has 1 saturated carbocycles. The lowest BCUT2D eigenvalue weighted by atomic mass is 10.2. The summed E-state index contributed by atoms with van der Waals surface area (Å²) >= 11 is 1.91. The molecule has 1 aliphatic carbocycles. The van der Waals surface area contributed by atoms with Gasteiger partial charge in [0, 0.05) is 8.96 Å². The molecular formula is C21H18F2IN3O4S. The number of hydrogen-bond donors (Lipinski definition) is 0. The van der Waals surface area contributed by atoms with Crippen LogP contribution in [0.1, 0.15) is 38.3 Å². The number of aromatic nitrogens is 3. The maximum atomic E-state index is 15.7. The van der Waals surface area contributed by atoms with Gasteiger partial charge in [-0.05, 0) is 73.0 Å². The molecule has 5 rings (SSSR count). The summed E-state index contributed by atoms with van der Waals surface area (Å²) in [5.74, 6) is -1.75. The lowest BCUT2D eigenvalue weighted by Gasteiger charge is -2.16. The Bertz CT molecular complexity index is 1580. The van der Waals surface area contributed by atoms with Crippen molar-refractivity contribution in [3.63, 3.8) is 0 Å². The van der Waals surface area contributed by atoms with Crippen molar-refractivity contribution in [1.29, 1.82) is 0 Å². The Balaban J connectivity index is 1.97. The fourth-order valence-corrected chi connectivity index (χ4v) is 6.94. The number of halogens is 3. The second-order valence-corrected chi connectivity index (χ2v) is 11.5. The molecule has 0 saturated heterocycles. The molecule has 2 aromatic heterocycles. The van der Waals surface area contributed by atoms with Gasteiger partial charge in [-0.25, -0.2) is 22.0 Å². The standard InChI is InChI=1S/C21H18F2IN3O4S/c1-3-6-21(7-8-21)32(29,30)27-16-10-13-11(2)25-31-19(13)17(23)18(16)26(20(27)28)15-5-4-12(24)9-14(15)22/h4-5,9-10H,3,6-8H2,1-2H3. The Morgan fingerprint density at radius 2 is 1.97 bits per heavy atom. The van der Waals surface area contributed by atoms with Gasteiger partial charge in [0.1, 0.15) is 11.3 Å². The van der Waals surface area contributed by atoms with Gasteiger partial charge in [-0.15, -0.1) is 0 Å². The molecule has 11 heteroatoms. The van der Waals surface area contributed by atoms with Gasteiger partial charge < -0.3 is 4.52 Å². The molecule has 2 aromatic carbocycles. The highest BCUT2D eigenvalue weighted by molar-refractivity contribution is 14.1. The monoisotopic (exact) mass is 573 g/mol. The van der Waals surface area contributed by atoms with Gasteiger partial charge >= 0.3 is 5.69 Å². The molecule has 0 unspecified atom stereocenters. The lowest BCUT2D eigenvalue weighted by Crippen LogP contribution is -2.37. The smallest absolute Gasteiger partial charge is 0.347 e. The molecular weight excluding hydrogens is 555 g/mol. The number of imidazole rings is 1. The maximum absolute atomic E-state index is 15.7. The third-order valence-corrected chi connectivity index (χ3v) is 9.31. The van der Waals surface area contributed by atoms with Gasteiger partial charge in [-0.2, -0.15) is 3.97 Å². The van der Waals surface area contributed by atoms with Gasteiger partial charge in [0.25, 0.3) is 0 Å². The van der Waals surface area contributed by atoms with Crippen molar-refractivity contribution in [2.24, 2.45) is 0 Å². The van der Waals surface area contributed by atoms with Crippen molar-refractivity contribution in [3.8, 4) is 5.69 Å². The third-order valence-electron chi connectivity index (χ3n) is 6.10. The number of nitrogens with zero attached hydrogens (tertiary/aromatic N) is 3. The van der Waals surface area contributed by atoms with E-state index in [-0.39, 0.29) is 27.7 Å². The Morgan fingerprint density at radius 3 is 2.59 bits per heavy atom. The van der Waals surface area contributed by atoms with Crippen LogP contribution < -0.4 is 5.69 Å². The minimum Gasteiger partial charge on any atom is -0.353 e. The molecule has 1 fully saturated rings. The summed E-state index contributed by atoms with van der Waals surface area (Å²) in [5.41, 5.74) is -1.69. The minimum absolute atomic E-state index is 0.161. The largest absolute Gasteiger partial charge is 0.353 e. The van der Waals surface area contributed by atoms with E-state index >= 15 is 4.39 Å². The van der Waals surface area contributed by atoms with E-state index in [0.29, 0.717) is 38.9 Å². The van der Waals surface area contributed by atoms with Gasteiger partial charge in [0.15, 0.2) is 5.82 Å². The molecule has 0 amide bonds. The second-order valence-electron chi connectivity index (χ2n) is 8.12. The third kappa shape index (κ3) is 2.82. The van der Waals surface area contributed by atoms with Gasteiger partial charge in [0.2, 0.25) is 15.6 Å². The molecule has 0 radical (unpaired) electrons. The van der Waals surface area contributed by atoms with Crippen molar-refractivity contribution < 1.29 is 21.7 Å². The fourth-order valence-electron chi connectivity index (χ4n) is 4.33. The van der Waals surface area contributed by atoms with E-state index < -0.39 is 32.1 Å². The number of hydrogen-bond acceptors (Lipinski definition) is 5. The Kier molecular flexibility index (Phi) is 4.79. The van der Waals surface area contributed by atoms with Crippen LogP contribution in [-0.4, -0.2) is 26.9 Å². The number of rotatable bonds is 5. The van der Waals surface area contributed by atoms with E-state index in [1.807, 2.05) is 29.5 Å². The van der Waals surface area contributed by atoms with Crippen molar-refractivity contribution in [2.75, 3.05) is 0 Å². The molecule has 0 aliphatic heterocycles. The molecule has 0 N–H and O–H groups in total. The predicted octanol–water partition coefficient (Wildman–Crippen LogP) is 4.64. The number of fused-ring (bicyclic) bond motifs is 2. The van der Waals surface area contributed by atoms with Crippen LogP contribution in [-0.2, 0) is 10.0 Å². The van der Waals surface area contributed by atoms with E-state index in [1.165, 1.54) is 18.2 Å². The zero-order valence-corrected chi connectivity index (χ0v) is 20.1. The van der Waals surface area contributed by atoms with Crippen LogP contribution in [0.2, 0.25) is 0 Å². The van der Waals surface area contributed by atoms with Crippen LogP contribution in [0.25, 0.3) is 27.7 Å². The van der Waals surface area contributed by atoms with Crippen LogP contribution in [0.15, 0.2) is 33.6 Å². The highest BCUT2D eigenvalue weighted by Gasteiger charge is 2.55. The van der Waals surface area contributed by atoms with E-state index in [9.17, 15) is 17.6 Å². The maximum Gasteiger partial charge on any atom is 0.347 e. The van der Waals surface area contributed by atoms with Crippen LogP contribution in [0.4, 0.5) is 8.78 Å². The summed E-state index contributed by atoms with van der Waals surface area (Å²) in [7, 11) is -4.19. The summed E-state index contributed by atoms with van der Waals surface area (Å²) in [6, 6.07) is 5.44. The molecule has 1 aliphatic rings. The molecule has 2 heterocycles. The molecule has 0 bridgehead atoms. The van der Waals surface area contributed by atoms with Crippen LogP contribution in [0, 0.1) is 22.1 Å². The number of aryl methyl sites for hydroxylation is 1. The van der Waals surface area contributed by atoms with Crippen LogP contribution in [0.5, 0.6) is 0 Å². The Labute approximate surface area is 195 Å².